The number of carbonyl (C=O) groups excluding carboxylic acids is 1. The van der Waals surface area contributed by atoms with Crippen LogP contribution in [0.4, 0.5) is 11.4 Å². The molecule has 2 unspecified atom stereocenters. The fraction of sp³-hybridized carbons (Fsp3) is 0.265. The topological polar surface area (TPSA) is 20.3 Å². The average molecular weight is 504 g/mol. The van der Waals surface area contributed by atoms with E-state index in [0.717, 1.165) is 42.0 Å². The quantitative estimate of drug-likeness (QED) is 0.244. The van der Waals surface area contributed by atoms with Crippen LogP contribution in [0.25, 0.3) is 16.2 Å². The van der Waals surface area contributed by atoms with Gasteiger partial charge in [-0.1, -0.05) is 50.3 Å². The van der Waals surface area contributed by atoms with Crippen molar-refractivity contribution in [2.45, 2.75) is 51.9 Å². The van der Waals surface area contributed by atoms with E-state index in [9.17, 15) is 4.79 Å². The highest BCUT2D eigenvalue weighted by Crippen LogP contribution is 2.41. The summed E-state index contributed by atoms with van der Waals surface area (Å²) in [5, 5.41) is 1.33. The average Bonchev–Trinajstić information content (AvgIpc) is 3.30. The third-order valence-corrected chi connectivity index (χ3v) is 8.99. The van der Waals surface area contributed by atoms with Crippen LogP contribution in [0.2, 0.25) is 0 Å². The van der Waals surface area contributed by atoms with Crippen LogP contribution in [0.1, 0.15) is 71.8 Å². The van der Waals surface area contributed by atoms with Crippen LogP contribution in [0.3, 0.4) is 0 Å². The summed E-state index contributed by atoms with van der Waals surface area (Å²) in [5.74, 6) is 1.43. The minimum atomic E-state index is 0.167. The van der Waals surface area contributed by atoms with Crippen LogP contribution in [0, 0.1) is 5.92 Å². The number of thiophene rings is 1. The summed E-state index contributed by atoms with van der Waals surface area (Å²) in [5.41, 5.74) is 6.94. The SMILES string of the molecule is CC1CC=C(N(c2ccccc2)c2ccc(C(=O)Cc3ccc4sc5c(c4c3)C(C)CC=C5)cc2)CC1. The van der Waals surface area contributed by atoms with Gasteiger partial charge in [0.1, 0.15) is 0 Å². The highest BCUT2D eigenvalue weighted by molar-refractivity contribution is 7.20. The van der Waals surface area contributed by atoms with Gasteiger partial charge in [0, 0.05) is 38.6 Å². The minimum Gasteiger partial charge on any atom is -0.315 e. The van der Waals surface area contributed by atoms with Crippen molar-refractivity contribution < 1.29 is 4.79 Å². The van der Waals surface area contributed by atoms with Crippen LogP contribution in [0.15, 0.2) is 90.6 Å². The van der Waals surface area contributed by atoms with Gasteiger partial charge < -0.3 is 4.90 Å². The third-order valence-electron chi connectivity index (χ3n) is 7.83. The monoisotopic (exact) mass is 503 g/mol. The molecular formula is C34H33NOS. The van der Waals surface area contributed by atoms with Crippen molar-refractivity contribution in [2.75, 3.05) is 4.90 Å². The first-order chi connectivity index (χ1) is 18.1. The molecule has 0 saturated heterocycles. The Kier molecular flexibility index (Phi) is 6.56. The molecule has 0 radical (unpaired) electrons. The van der Waals surface area contributed by atoms with Gasteiger partial charge in [0.15, 0.2) is 5.78 Å². The maximum atomic E-state index is 13.3. The lowest BCUT2D eigenvalue weighted by atomic mass is 9.90. The number of anilines is 2. The van der Waals surface area contributed by atoms with Crippen molar-refractivity contribution in [1.82, 2.24) is 0 Å². The first-order valence-electron chi connectivity index (χ1n) is 13.5. The predicted octanol–water partition coefficient (Wildman–Crippen LogP) is 9.69. The van der Waals surface area contributed by atoms with Crippen molar-refractivity contribution in [3.8, 4) is 0 Å². The summed E-state index contributed by atoms with van der Waals surface area (Å²) in [6.45, 7) is 4.62. The Morgan fingerprint density at radius 1 is 0.946 bits per heavy atom. The molecule has 37 heavy (non-hydrogen) atoms. The number of ketones is 1. The van der Waals surface area contributed by atoms with Crippen LogP contribution in [-0.4, -0.2) is 5.78 Å². The molecule has 6 rings (SSSR count). The summed E-state index contributed by atoms with van der Waals surface area (Å²) in [6.07, 6.45) is 11.8. The van der Waals surface area contributed by atoms with E-state index in [1.807, 2.05) is 23.5 Å². The summed E-state index contributed by atoms with van der Waals surface area (Å²) in [7, 11) is 0. The Morgan fingerprint density at radius 2 is 1.73 bits per heavy atom. The Bertz CT molecular complexity index is 1490. The van der Waals surface area contributed by atoms with Gasteiger partial charge in [-0.05, 0) is 109 Å². The molecule has 1 heterocycles. The van der Waals surface area contributed by atoms with Gasteiger partial charge in [-0.15, -0.1) is 11.3 Å². The number of fused-ring (bicyclic) bond motifs is 3. The summed E-state index contributed by atoms with van der Waals surface area (Å²) in [6, 6.07) is 25.3. The highest BCUT2D eigenvalue weighted by atomic mass is 32.1. The van der Waals surface area contributed by atoms with Crippen molar-refractivity contribution >= 4 is 44.7 Å². The lowest BCUT2D eigenvalue weighted by Gasteiger charge is -2.31. The Labute approximate surface area is 224 Å². The van der Waals surface area contributed by atoms with Gasteiger partial charge in [0.05, 0.1) is 0 Å². The lowest BCUT2D eigenvalue weighted by molar-refractivity contribution is 0.0993. The molecule has 0 N–H and O–H groups in total. The van der Waals surface area contributed by atoms with Gasteiger partial charge in [-0.3, -0.25) is 4.79 Å². The molecule has 2 atom stereocenters. The number of rotatable bonds is 6. The second kappa shape index (κ2) is 10.1. The molecule has 2 aliphatic rings. The molecule has 1 aromatic heterocycles. The molecular weight excluding hydrogens is 470 g/mol. The van der Waals surface area contributed by atoms with Gasteiger partial charge >= 0.3 is 0 Å². The second-order valence-corrected chi connectivity index (χ2v) is 11.7. The molecule has 2 nitrogen and oxygen atoms in total. The Balaban J connectivity index is 1.25. The normalized spacial score (nSPS) is 18.9. The molecule has 0 aliphatic heterocycles. The molecule has 3 heteroatoms. The van der Waals surface area contributed by atoms with Crippen LogP contribution < -0.4 is 4.90 Å². The van der Waals surface area contributed by atoms with Crippen LogP contribution in [0.5, 0.6) is 0 Å². The van der Waals surface area contributed by atoms with Crippen molar-refractivity contribution in [1.29, 1.82) is 0 Å². The molecule has 4 aromatic rings. The maximum Gasteiger partial charge on any atom is 0.167 e. The number of benzene rings is 3. The lowest BCUT2D eigenvalue weighted by Crippen LogP contribution is -2.19. The molecule has 0 bridgehead atoms. The zero-order valence-electron chi connectivity index (χ0n) is 21.6. The Morgan fingerprint density at radius 3 is 2.49 bits per heavy atom. The minimum absolute atomic E-state index is 0.167. The Hall–Kier alpha value is -3.43. The smallest absolute Gasteiger partial charge is 0.167 e. The summed E-state index contributed by atoms with van der Waals surface area (Å²) < 4.78 is 1.32. The van der Waals surface area contributed by atoms with Gasteiger partial charge in [0.2, 0.25) is 0 Å². The molecule has 0 fully saturated rings. The van der Waals surface area contributed by atoms with E-state index in [1.54, 1.807) is 0 Å². The number of Topliss-reactive ketones (excluding diaryl/α,β-unsaturated/α-hetero) is 1. The predicted molar refractivity (Wildman–Crippen MR) is 158 cm³/mol. The number of carbonyl (C=O) groups is 1. The number of hydrogen-bond donors (Lipinski definition) is 0. The largest absolute Gasteiger partial charge is 0.315 e. The third kappa shape index (κ3) is 4.81. The fourth-order valence-electron chi connectivity index (χ4n) is 5.72. The zero-order valence-corrected chi connectivity index (χ0v) is 22.4. The standard InChI is InChI=1S/C34H33NOS/c1-23-11-16-28(17-12-23)35(27-8-4-3-5-9-27)29-18-14-26(15-19-29)31(36)22-25-13-20-32-30(21-25)34-24(2)7-6-10-33(34)37-32/h3-6,8-10,13-16,18-21,23-24H,7,11-12,17,22H2,1-2H3. The first kappa shape index (κ1) is 23.9. The van der Waals surface area contributed by atoms with Crippen molar-refractivity contribution in [3.05, 3.63) is 112 Å². The molecule has 0 saturated carbocycles. The van der Waals surface area contributed by atoms with Gasteiger partial charge in [-0.2, -0.15) is 0 Å². The van der Waals surface area contributed by atoms with Gasteiger partial charge in [-0.25, -0.2) is 0 Å². The molecule has 3 aromatic carbocycles. The first-order valence-corrected chi connectivity index (χ1v) is 14.3. The number of para-hydroxylation sites is 1. The van der Waals surface area contributed by atoms with Crippen molar-refractivity contribution in [3.63, 3.8) is 0 Å². The number of allylic oxidation sites excluding steroid dienone is 3. The van der Waals surface area contributed by atoms with Crippen LogP contribution >= 0.6 is 11.3 Å². The molecule has 0 spiro atoms. The van der Waals surface area contributed by atoms with E-state index < -0.39 is 0 Å². The zero-order chi connectivity index (χ0) is 25.4. The van der Waals surface area contributed by atoms with E-state index in [0.29, 0.717) is 12.3 Å². The molecule has 0 amide bonds. The summed E-state index contributed by atoms with van der Waals surface area (Å²) >= 11 is 1.86. The van der Waals surface area contributed by atoms with E-state index in [4.69, 9.17) is 0 Å². The van der Waals surface area contributed by atoms with E-state index >= 15 is 0 Å². The van der Waals surface area contributed by atoms with Crippen LogP contribution in [-0.2, 0) is 6.42 Å². The molecule has 2 aliphatic carbocycles. The van der Waals surface area contributed by atoms with E-state index in [-0.39, 0.29) is 5.78 Å². The van der Waals surface area contributed by atoms with Crippen molar-refractivity contribution in [2.24, 2.45) is 5.92 Å². The van der Waals surface area contributed by atoms with E-state index in [2.05, 4.69) is 97.6 Å². The van der Waals surface area contributed by atoms with E-state index in [1.165, 1.54) is 38.3 Å². The maximum absolute atomic E-state index is 13.3. The number of nitrogens with zero attached hydrogens (tertiary/aromatic N) is 1. The fourth-order valence-corrected chi connectivity index (χ4v) is 6.96. The molecule has 186 valence electrons. The highest BCUT2D eigenvalue weighted by Gasteiger charge is 2.21. The number of hydrogen-bond acceptors (Lipinski definition) is 3. The summed E-state index contributed by atoms with van der Waals surface area (Å²) in [4.78, 5) is 17.0. The van der Waals surface area contributed by atoms with Gasteiger partial charge in [0.25, 0.3) is 0 Å². The second-order valence-electron chi connectivity index (χ2n) is 10.6.